The minimum Gasteiger partial charge on any atom is -0.439 e. The van der Waals surface area contributed by atoms with Crippen LogP contribution >= 0.6 is 11.6 Å². The normalized spacial score (nSPS) is 17.7. The first-order chi connectivity index (χ1) is 10.7. The molecular formula is C16H21ClN2O3S. The van der Waals surface area contributed by atoms with Gasteiger partial charge in [-0.25, -0.2) is 13.4 Å². The van der Waals surface area contributed by atoms with Gasteiger partial charge in [-0.05, 0) is 38.1 Å². The van der Waals surface area contributed by atoms with Crippen molar-refractivity contribution in [1.82, 2.24) is 10.3 Å². The van der Waals surface area contributed by atoms with Gasteiger partial charge in [-0.15, -0.1) is 0 Å². The van der Waals surface area contributed by atoms with E-state index in [1.54, 1.807) is 12.1 Å². The molecule has 23 heavy (non-hydrogen) atoms. The van der Waals surface area contributed by atoms with E-state index in [9.17, 15) is 8.42 Å². The number of halogens is 1. The Bertz CT molecular complexity index is 831. The van der Waals surface area contributed by atoms with Gasteiger partial charge in [-0.3, -0.25) is 0 Å². The van der Waals surface area contributed by atoms with Crippen LogP contribution in [0.5, 0.6) is 0 Å². The Morgan fingerprint density at radius 3 is 2.52 bits per heavy atom. The summed E-state index contributed by atoms with van der Waals surface area (Å²) in [7, 11) is -3.56. The van der Waals surface area contributed by atoms with Crippen LogP contribution in [0, 0.1) is 0 Å². The minimum atomic E-state index is -3.56. The number of hydrogen-bond donors (Lipinski definition) is 1. The molecule has 5 nitrogen and oxygen atoms in total. The molecule has 1 aliphatic heterocycles. The second kappa shape index (κ2) is 5.76. The summed E-state index contributed by atoms with van der Waals surface area (Å²) < 4.78 is 32.0. The zero-order valence-electron chi connectivity index (χ0n) is 13.5. The van der Waals surface area contributed by atoms with E-state index in [1.807, 2.05) is 20.8 Å². The summed E-state index contributed by atoms with van der Waals surface area (Å²) in [6.45, 7) is 7.31. The van der Waals surface area contributed by atoms with Gasteiger partial charge in [-0.1, -0.05) is 32.4 Å². The zero-order chi connectivity index (χ0) is 16.8. The van der Waals surface area contributed by atoms with Gasteiger partial charge in [-0.2, -0.15) is 0 Å². The molecular weight excluding hydrogens is 336 g/mol. The molecule has 1 saturated heterocycles. The van der Waals surface area contributed by atoms with E-state index in [1.165, 1.54) is 0 Å². The number of hydrogen-bond acceptors (Lipinski definition) is 5. The van der Waals surface area contributed by atoms with Gasteiger partial charge in [0.25, 0.3) is 0 Å². The Kier molecular flexibility index (Phi) is 4.19. The summed E-state index contributed by atoms with van der Waals surface area (Å²) in [5.41, 5.74) is 0.508. The summed E-state index contributed by atoms with van der Waals surface area (Å²) in [6, 6.07) is 3.30. The smallest absolute Gasteiger partial charge is 0.200 e. The van der Waals surface area contributed by atoms with E-state index in [2.05, 4.69) is 10.3 Å². The largest absolute Gasteiger partial charge is 0.439 e. The van der Waals surface area contributed by atoms with Crippen molar-refractivity contribution >= 4 is 32.5 Å². The third-order valence-electron chi connectivity index (χ3n) is 4.12. The number of piperidine rings is 1. The van der Waals surface area contributed by atoms with Gasteiger partial charge in [0, 0.05) is 5.41 Å². The molecule has 0 bridgehead atoms. The number of nitrogens with zero attached hydrogens (tertiary/aromatic N) is 1. The molecule has 2 aromatic rings. The third kappa shape index (κ3) is 2.99. The monoisotopic (exact) mass is 356 g/mol. The van der Waals surface area contributed by atoms with E-state index in [4.69, 9.17) is 16.0 Å². The number of nitrogens with one attached hydrogen (secondary N) is 1. The van der Waals surface area contributed by atoms with Crippen molar-refractivity contribution in [2.45, 2.75) is 49.2 Å². The number of fused-ring (bicyclic) bond motifs is 1. The molecule has 0 spiro atoms. The SMILES string of the molecule is CC(C)(C)c1nc2ccc(Cl)c(S(=O)(=O)C3CCNCC3)c2o1. The molecule has 0 radical (unpaired) electrons. The molecule has 0 atom stereocenters. The Hall–Kier alpha value is -1.11. The second-order valence-corrected chi connectivity index (χ2v) is 9.56. The number of rotatable bonds is 2. The Labute approximate surface area is 141 Å². The summed E-state index contributed by atoms with van der Waals surface area (Å²) >= 11 is 6.25. The van der Waals surface area contributed by atoms with Crippen LogP contribution in [0.2, 0.25) is 5.02 Å². The highest BCUT2D eigenvalue weighted by Crippen LogP contribution is 2.36. The number of oxazole rings is 1. The van der Waals surface area contributed by atoms with Crippen molar-refractivity contribution in [3.05, 3.63) is 23.0 Å². The van der Waals surface area contributed by atoms with Crippen LogP contribution in [0.15, 0.2) is 21.4 Å². The fourth-order valence-electron chi connectivity index (χ4n) is 2.80. The quantitative estimate of drug-likeness (QED) is 0.893. The van der Waals surface area contributed by atoms with E-state index in [0.29, 0.717) is 37.3 Å². The minimum absolute atomic E-state index is 0.0894. The van der Waals surface area contributed by atoms with Crippen molar-refractivity contribution < 1.29 is 12.8 Å². The van der Waals surface area contributed by atoms with E-state index in [0.717, 1.165) is 0 Å². The fraction of sp³-hybridized carbons (Fsp3) is 0.562. The lowest BCUT2D eigenvalue weighted by molar-refractivity contribution is 0.408. The van der Waals surface area contributed by atoms with Crippen LogP contribution < -0.4 is 5.32 Å². The first kappa shape index (κ1) is 16.7. The van der Waals surface area contributed by atoms with Gasteiger partial charge in [0.05, 0.1) is 10.3 Å². The van der Waals surface area contributed by atoms with E-state index >= 15 is 0 Å². The molecule has 0 amide bonds. The highest BCUT2D eigenvalue weighted by Gasteiger charge is 2.34. The molecule has 7 heteroatoms. The second-order valence-electron chi connectivity index (χ2n) is 6.99. The van der Waals surface area contributed by atoms with Crippen molar-refractivity contribution in [1.29, 1.82) is 0 Å². The fourth-order valence-corrected chi connectivity index (χ4v) is 5.21. The highest BCUT2D eigenvalue weighted by molar-refractivity contribution is 7.92. The van der Waals surface area contributed by atoms with Crippen LogP contribution in [0.1, 0.15) is 39.5 Å². The van der Waals surface area contributed by atoms with Crippen LogP contribution in [0.3, 0.4) is 0 Å². The Morgan fingerprint density at radius 1 is 1.26 bits per heavy atom. The predicted octanol–water partition coefficient (Wildman–Crippen LogP) is 3.30. The van der Waals surface area contributed by atoms with Gasteiger partial charge < -0.3 is 9.73 Å². The number of aromatic nitrogens is 1. The number of benzene rings is 1. The lowest BCUT2D eigenvalue weighted by Gasteiger charge is -2.23. The first-order valence-electron chi connectivity index (χ1n) is 7.75. The molecule has 3 rings (SSSR count). The molecule has 0 saturated carbocycles. The standard InChI is InChI=1S/C16H21ClN2O3S/c1-16(2,3)15-19-12-5-4-11(17)14(13(12)22-15)23(20,21)10-6-8-18-9-7-10/h4-5,10,18H,6-9H2,1-3H3. The average molecular weight is 357 g/mol. The maximum Gasteiger partial charge on any atom is 0.200 e. The molecule has 0 aliphatic carbocycles. The van der Waals surface area contributed by atoms with E-state index < -0.39 is 15.1 Å². The molecule has 0 unspecified atom stereocenters. The molecule has 1 aromatic heterocycles. The van der Waals surface area contributed by atoms with Crippen molar-refractivity contribution in [2.75, 3.05) is 13.1 Å². The molecule has 126 valence electrons. The van der Waals surface area contributed by atoms with Crippen molar-refractivity contribution in [3.8, 4) is 0 Å². The van der Waals surface area contributed by atoms with Crippen LogP contribution in [-0.4, -0.2) is 31.7 Å². The topological polar surface area (TPSA) is 72.2 Å². The van der Waals surface area contributed by atoms with Crippen molar-refractivity contribution in [2.24, 2.45) is 0 Å². The van der Waals surface area contributed by atoms with Crippen LogP contribution in [0.25, 0.3) is 11.1 Å². The molecule has 1 aromatic carbocycles. The summed E-state index contributed by atoms with van der Waals surface area (Å²) in [4.78, 5) is 4.53. The Balaban J connectivity index is 2.19. The lowest BCUT2D eigenvalue weighted by atomic mass is 9.97. The zero-order valence-corrected chi connectivity index (χ0v) is 15.1. The molecule has 2 heterocycles. The molecule has 1 aliphatic rings. The van der Waals surface area contributed by atoms with Gasteiger partial charge in [0.15, 0.2) is 15.4 Å². The summed E-state index contributed by atoms with van der Waals surface area (Å²) in [5, 5.41) is 2.95. The average Bonchev–Trinajstić information content (AvgIpc) is 2.91. The maximum absolute atomic E-state index is 13.1. The highest BCUT2D eigenvalue weighted by atomic mass is 35.5. The maximum atomic E-state index is 13.1. The first-order valence-corrected chi connectivity index (χ1v) is 9.68. The van der Waals surface area contributed by atoms with Gasteiger partial charge in [0.1, 0.15) is 10.4 Å². The number of sulfone groups is 1. The van der Waals surface area contributed by atoms with Gasteiger partial charge in [0.2, 0.25) is 5.89 Å². The predicted molar refractivity (Wildman–Crippen MR) is 90.8 cm³/mol. The lowest BCUT2D eigenvalue weighted by Crippen LogP contribution is -2.35. The van der Waals surface area contributed by atoms with E-state index in [-0.39, 0.29) is 20.9 Å². The van der Waals surface area contributed by atoms with Crippen molar-refractivity contribution in [3.63, 3.8) is 0 Å². The third-order valence-corrected chi connectivity index (χ3v) is 6.87. The van der Waals surface area contributed by atoms with Gasteiger partial charge >= 0.3 is 0 Å². The molecule has 1 fully saturated rings. The molecule has 1 N–H and O–H groups in total. The summed E-state index contributed by atoms with van der Waals surface area (Å²) in [5.74, 6) is 0.511. The van der Waals surface area contributed by atoms with Crippen LogP contribution in [0.4, 0.5) is 0 Å². The Morgan fingerprint density at radius 2 is 1.91 bits per heavy atom. The van der Waals surface area contributed by atoms with Crippen LogP contribution in [-0.2, 0) is 15.3 Å². The summed E-state index contributed by atoms with van der Waals surface area (Å²) in [6.07, 6.45) is 1.16.